The Hall–Kier alpha value is -5.57. The van der Waals surface area contributed by atoms with E-state index < -0.39 is 0 Å². The Kier molecular flexibility index (Phi) is 13.7. The van der Waals surface area contributed by atoms with E-state index in [1.165, 1.54) is 54.4 Å². The molecular weight excluding hydrogens is 1020 g/mol. The molecule has 0 unspecified atom stereocenters. The monoisotopic (exact) mass is 1090 g/mol. The van der Waals surface area contributed by atoms with E-state index in [0.717, 1.165) is 66.9 Å². The van der Waals surface area contributed by atoms with Crippen molar-refractivity contribution >= 4 is 11.0 Å². The van der Waals surface area contributed by atoms with Gasteiger partial charge in [-0.05, 0) is 104 Å². The van der Waals surface area contributed by atoms with Gasteiger partial charge in [0.25, 0.3) is 0 Å². The van der Waals surface area contributed by atoms with E-state index in [4.69, 9.17) is 9.97 Å². The number of phenolic OH excluding ortho intramolecular Hbond substituents is 1. The van der Waals surface area contributed by atoms with Crippen LogP contribution in [0.2, 0.25) is 0 Å². The van der Waals surface area contributed by atoms with E-state index in [0.29, 0.717) is 17.3 Å². The smallest absolute Gasteiger partial charge is 0.148 e. The minimum atomic E-state index is -0.325. The molecule has 5 heteroatoms. The molecule has 1 saturated carbocycles. The Balaban J connectivity index is 0.00000642. The van der Waals surface area contributed by atoms with Gasteiger partial charge in [0.05, 0.1) is 22.3 Å². The molecule has 0 spiro atoms. The molecule has 1 aliphatic carbocycles. The third-order valence-corrected chi connectivity index (χ3v) is 14.3. The molecule has 1 aliphatic rings. The van der Waals surface area contributed by atoms with Crippen LogP contribution in [0.4, 0.5) is 0 Å². The summed E-state index contributed by atoms with van der Waals surface area (Å²) in [7, 11) is 0. The number of phenols is 1. The van der Waals surface area contributed by atoms with Crippen LogP contribution in [0.1, 0.15) is 149 Å². The summed E-state index contributed by atoms with van der Waals surface area (Å²) in [6.45, 7) is 26.8. The van der Waals surface area contributed by atoms with Crippen LogP contribution in [0.15, 0.2) is 134 Å². The van der Waals surface area contributed by atoms with Crippen molar-refractivity contribution in [3.8, 4) is 67.5 Å². The Morgan fingerprint density at radius 1 is 0.536 bits per heavy atom. The first-order valence-electron chi connectivity index (χ1n) is 24.9. The molecule has 8 aromatic rings. The number of nitrogens with zero attached hydrogens (tertiary/aromatic N) is 3. The van der Waals surface area contributed by atoms with E-state index in [1.807, 2.05) is 6.20 Å². The standard InChI is InChI=1S/C64H70N3O.Pt/c1-61(2,3)48-30-31-56(52(38-48)44-22-17-14-18-23-44)67-57-25-19-24-51(58(57)66-60(67)53-39-50(63(7,8)9)40-54(59(53)68)64(10,11)12)46-34-47(36-49(35-46)62(4,5)6)55-37-45(32-33-65-55)43-28-26-42(27-29-43)41-20-15-13-16-21-41;/h14,17-19,22-33,35-41,68H,13,15-16,20-21H2,1-12H3;/q-1;. The summed E-state index contributed by atoms with van der Waals surface area (Å²) in [6, 6.07) is 50.4. The first kappa shape index (κ1) is 49.8. The van der Waals surface area contributed by atoms with Gasteiger partial charge in [-0.15, -0.1) is 29.3 Å². The Morgan fingerprint density at radius 2 is 1.17 bits per heavy atom. The third-order valence-electron chi connectivity index (χ3n) is 14.3. The molecule has 0 bridgehead atoms. The molecule has 0 aliphatic heterocycles. The van der Waals surface area contributed by atoms with Crippen molar-refractivity contribution in [3.63, 3.8) is 0 Å². The molecule has 0 atom stereocenters. The van der Waals surface area contributed by atoms with Gasteiger partial charge in [0, 0.05) is 44.1 Å². The number of hydrogen-bond donors (Lipinski definition) is 1. The number of hydrogen-bond acceptors (Lipinski definition) is 3. The molecular formula is C64H70N3OPt-. The maximum Gasteiger partial charge on any atom is 0.148 e. The zero-order valence-corrected chi connectivity index (χ0v) is 45.2. The van der Waals surface area contributed by atoms with Gasteiger partial charge in [-0.25, -0.2) is 4.98 Å². The van der Waals surface area contributed by atoms with Gasteiger partial charge < -0.3 is 5.11 Å². The number of imidazole rings is 1. The minimum absolute atomic E-state index is 0. The first-order chi connectivity index (χ1) is 32.1. The molecule has 2 aromatic heterocycles. The largest absolute Gasteiger partial charge is 0.507 e. The summed E-state index contributed by atoms with van der Waals surface area (Å²) in [4.78, 5) is 10.7. The molecule has 358 valence electrons. The number of rotatable bonds is 7. The summed E-state index contributed by atoms with van der Waals surface area (Å²) >= 11 is 0. The predicted molar refractivity (Wildman–Crippen MR) is 287 cm³/mol. The number of aromatic hydroxyl groups is 1. The summed E-state index contributed by atoms with van der Waals surface area (Å²) in [5, 5.41) is 12.6. The SMILES string of the molecule is CC(C)(C)c1cc(-c2cc(-c3ccc(C4CCCCC4)cc3)ccn2)[c-]c(-c2cccc3c2nc(-c2cc(C(C)(C)C)cc(C(C)(C)C)c2O)n3-c2ccc(C(C)(C)C)cc2-c2ccccc2)c1.[Pt]. The van der Waals surface area contributed by atoms with Gasteiger partial charge in [0.15, 0.2) is 0 Å². The van der Waals surface area contributed by atoms with Gasteiger partial charge in [0.1, 0.15) is 11.6 Å². The molecule has 6 aromatic carbocycles. The van der Waals surface area contributed by atoms with Crippen LogP contribution in [0.3, 0.4) is 0 Å². The molecule has 2 heterocycles. The van der Waals surface area contributed by atoms with Crippen molar-refractivity contribution in [2.75, 3.05) is 0 Å². The summed E-state index contributed by atoms with van der Waals surface area (Å²) in [6.07, 6.45) is 8.54. The molecule has 1 fully saturated rings. The Morgan fingerprint density at radius 3 is 1.83 bits per heavy atom. The van der Waals surface area contributed by atoms with Crippen LogP contribution < -0.4 is 0 Å². The van der Waals surface area contributed by atoms with E-state index in [9.17, 15) is 5.11 Å². The number of pyridine rings is 1. The van der Waals surface area contributed by atoms with E-state index in [1.54, 1.807) is 0 Å². The quantitative estimate of drug-likeness (QED) is 0.162. The van der Waals surface area contributed by atoms with Crippen molar-refractivity contribution in [1.29, 1.82) is 0 Å². The van der Waals surface area contributed by atoms with E-state index in [2.05, 4.69) is 221 Å². The maximum absolute atomic E-state index is 12.6. The molecule has 0 saturated heterocycles. The predicted octanol–water partition coefficient (Wildman–Crippen LogP) is 17.5. The Labute approximate surface area is 427 Å². The normalized spacial score (nSPS) is 14.0. The van der Waals surface area contributed by atoms with Crippen LogP contribution in [0.25, 0.3) is 72.7 Å². The average molecular weight is 1090 g/mol. The first-order valence-corrected chi connectivity index (χ1v) is 24.9. The number of aromatic nitrogens is 3. The maximum atomic E-state index is 12.6. The second kappa shape index (κ2) is 19.0. The van der Waals surface area contributed by atoms with Crippen molar-refractivity contribution in [2.45, 2.75) is 143 Å². The molecule has 0 amide bonds. The van der Waals surface area contributed by atoms with Gasteiger partial charge in [-0.2, -0.15) is 0 Å². The van der Waals surface area contributed by atoms with Crippen LogP contribution >= 0.6 is 0 Å². The van der Waals surface area contributed by atoms with Crippen molar-refractivity contribution < 1.29 is 26.2 Å². The van der Waals surface area contributed by atoms with Crippen LogP contribution in [-0.2, 0) is 42.7 Å². The van der Waals surface area contributed by atoms with Crippen molar-refractivity contribution in [1.82, 2.24) is 14.5 Å². The second-order valence-corrected chi connectivity index (χ2v) is 23.5. The van der Waals surface area contributed by atoms with Gasteiger partial charge >= 0.3 is 0 Å². The van der Waals surface area contributed by atoms with Crippen LogP contribution in [-0.4, -0.2) is 19.6 Å². The molecule has 4 nitrogen and oxygen atoms in total. The fourth-order valence-electron chi connectivity index (χ4n) is 10.0. The van der Waals surface area contributed by atoms with Crippen molar-refractivity contribution in [2.24, 2.45) is 0 Å². The molecule has 69 heavy (non-hydrogen) atoms. The van der Waals surface area contributed by atoms with E-state index in [-0.39, 0.29) is 48.5 Å². The van der Waals surface area contributed by atoms with Crippen LogP contribution in [0.5, 0.6) is 5.75 Å². The second-order valence-electron chi connectivity index (χ2n) is 23.5. The average Bonchev–Trinajstić information content (AvgIpc) is 3.70. The minimum Gasteiger partial charge on any atom is -0.507 e. The number of fused-ring (bicyclic) bond motifs is 1. The van der Waals surface area contributed by atoms with Crippen LogP contribution in [0, 0.1) is 6.07 Å². The fraction of sp³-hybridized carbons (Fsp3) is 0.344. The fourth-order valence-corrected chi connectivity index (χ4v) is 10.0. The molecule has 0 radical (unpaired) electrons. The van der Waals surface area contributed by atoms with Gasteiger partial charge in [0.2, 0.25) is 0 Å². The van der Waals surface area contributed by atoms with E-state index >= 15 is 0 Å². The topological polar surface area (TPSA) is 50.9 Å². The summed E-state index contributed by atoms with van der Waals surface area (Å²) in [5.41, 5.74) is 17.0. The zero-order valence-electron chi connectivity index (χ0n) is 42.9. The number of benzene rings is 6. The van der Waals surface area contributed by atoms with Gasteiger partial charge in [-0.1, -0.05) is 198 Å². The van der Waals surface area contributed by atoms with Crippen molar-refractivity contribution in [3.05, 3.63) is 167 Å². The molecule has 9 rings (SSSR count). The molecule has 1 N–H and O–H groups in total. The summed E-state index contributed by atoms with van der Waals surface area (Å²) in [5.74, 6) is 1.62. The number of para-hydroxylation sites is 1. The Bertz CT molecular complexity index is 3130. The summed E-state index contributed by atoms with van der Waals surface area (Å²) < 4.78 is 2.29. The third kappa shape index (κ3) is 10.2. The van der Waals surface area contributed by atoms with Gasteiger partial charge in [-0.3, -0.25) is 9.55 Å². The zero-order chi connectivity index (χ0) is 48.3.